The number of carbonyl (C=O) groups is 2. The van der Waals surface area contributed by atoms with Crippen LogP contribution in [0.15, 0.2) is 18.2 Å². The van der Waals surface area contributed by atoms with Crippen LogP contribution in [-0.2, 0) is 9.53 Å². The summed E-state index contributed by atoms with van der Waals surface area (Å²) < 4.78 is 17.5. The van der Waals surface area contributed by atoms with Crippen molar-refractivity contribution in [2.24, 2.45) is 0 Å². The van der Waals surface area contributed by atoms with E-state index >= 15 is 0 Å². The zero-order chi connectivity index (χ0) is 13.5. The highest BCUT2D eigenvalue weighted by molar-refractivity contribution is 5.96. The maximum atomic E-state index is 13.0. The molecule has 0 saturated heterocycles. The highest BCUT2D eigenvalue weighted by Crippen LogP contribution is 2.13. The number of aryl methyl sites for hydroxylation is 1. The summed E-state index contributed by atoms with van der Waals surface area (Å²) in [6, 6.07) is 4.35. The molecule has 0 aliphatic heterocycles. The molecule has 0 aliphatic rings. The number of unbranched alkanes of at least 4 members (excludes halogenated alkanes) is 1. The van der Waals surface area contributed by atoms with Crippen LogP contribution in [0.25, 0.3) is 0 Å². The number of halogens is 1. The van der Waals surface area contributed by atoms with Gasteiger partial charge >= 0.3 is 5.97 Å². The summed E-state index contributed by atoms with van der Waals surface area (Å²) in [5.74, 6) is -0.597. The molecular weight excluding hydrogens is 235 g/mol. The van der Waals surface area contributed by atoms with Crippen molar-refractivity contribution < 1.29 is 18.7 Å². The monoisotopic (exact) mass is 252 g/mol. The molecule has 0 atom stereocenters. The van der Waals surface area contributed by atoms with Crippen LogP contribution in [0.1, 0.15) is 41.6 Å². The van der Waals surface area contributed by atoms with Gasteiger partial charge in [-0.15, -0.1) is 0 Å². The van der Waals surface area contributed by atoms with E-state index in [9.17, 15) is 14.0 Å². The van der Waals surface area contributed by atoms with Crippen LogP contribution in [0.4, 0.5) is 4.39 Å². The lowest BCUT2D eigenvalue weighted by Crippen LogP contribution is -2.02. The lowest BCUT2D eigenvalue weighted by Gasteiger charge is -2.03. The summed E-state index contributed by atoms with van der Waals surface area (Å²) in [6.45, 7) is 1.63. The lowest BCUT2D eigenvalue weighted by molar-refractivity contribution is -0.140. The van der Waals surface area contributed by atoms with E-state index in [1.807, 2.05) is 0 Å². The lowest BCUT2D eigenvalue weighted by atomic mass is 10.0. The van der Waals surface area contributed by atoms with Crippen molar-refractivity contribution in [3.05, 3.63) is 35.1 Å². The van der Waals surface area contributed by atoms with E-state index in [0.29, 0.717) is 36.8 Å². The molecule has 1 aromatic carbocycles. The minimum absolute atomic E-state index is 0.0250. The maximum absolute atomic E-state index is 13.0. The molecule has 0 spiro atoms. The van der Waals surface area contributed by atoms with Gasteiger partial charge in [0, 0.05) is 18.4 Å². The second-order valence-electron chi connectivity index (χ2n) is 4.17. The molecule has 0 fully saturated rings. The summed E-state index contributed by atoms with van der Waals surface area (Å²) in [6.07, 6.45) is 1.94. The maximum Gasteiger partial charge on any atom is 0.305 e. The summed E-state index contributed by atoms with van der Waals surface area (Å²) in [5.41, 5.74) is 0.988. The Morgan fingerprint density at radius 1 is 1.22 bits per heavy atom. The van der Waals surface area contributed by atoms with Gasteiger partial charge in [0.2, 0.25) is 0 Å². The van der Waals surface area contributed by atoms with E-state index in [0.717, 1.165) is 0 Å². The van der Waals surface area contributed by atoms with Gasteiger partial charge in [-0.3, -0.25) is 9.59 Å². The molecule has 0 saturated carbocycles. The van der Waals surface area contributed by atoms with Crippen LogP contribution in [0.3, 0.4) is 0 Å². The Morgan fingerprint density at radius 2 is 1.89 bits per heavy atom. The Kier molecular flexibility index (Phi) is 5.49. The van der Waals surface area contributed by atoms with Gasteiger partial charge in [0.25, 0.3) is 0 Å². The first-order valence-electron chi connectivity index (χ1n) is 5.90. The number of hydrogen-bond acceptors (Lipinski definition) is 3. The largest absolute Gasteiger partial charge is 0.469 e. The minimum atomic E-state index is -0.308. The van der Waals surface area contributed by atoms with Gasteiger partial charge in [-0.2, -0.15) is 0 Å². The molecule has 0 radical (unpaired) electrons. The van der Waals surface area contributed by atoms with E-state index in [2.05, 4.69) is 4.74 Å². The SMILES string of the molecule is COC(=O)CCCCC(=O)c1ccc(F)c(C)c1. The van der Waals surface area contributed by atoms with E-state index in [1.165, 1.54) is 19.2 Å². The summed E-state index contributed by atoms with van der Waals surface area (Å²) in [4.78, 5) is 22.6. The number of methoxy groups -OCH3 is 1. The number of carbonyl (C=O) groups excluding carboxylic acids is 2. The molecule has 1 aromatic rings. The zero-order valence-electron chi connectivity index (χ0n) is 10.7. The van der Waals surface area contributed by atoms with Crippen molar-refractivity contribution in [2.45, 2.75) is 32.6 Å². The average molecular weight is 252 g/mol. The second kappa shape index (κ2) is 6.89. The number of hydrogen-bond donors (Lipinski definition) is 0. The molecule has 0 heterocycles. The Hall–Kier alpha value is -1.71. The first-order chi connectivity index (χ1) is 8.54. The Labute approximate surface area is 106 Å². The van der Waals surface area contributed by atoms with Gasteiger partial charge in [-0.05, 0) is 43.5 Å². The van der Waals surface area contributed by atoms with Crippen LogP contribution in [0, 0.1) is 12.7 Å². The van der Waals surface area contributed by atoms with Crippen LogP contribution in [0.5, 0.6) is 0 Å². The number of rotatable bonds is 6. The predicted molar refractivity (Wildman–Crippen MR) is 66.0 cm³/mol. The highest BCUT2D eigenvalue weighted by atomic mass is 19.1. The quantitative estimate of drug-likeness (QED) is 0.444. The van der Waals surface area contributed by atoms with Crippen LogP contribution in [0.2, 0.25) is 0 Å². The topological polar surface area (TPSA) is 43.4 Å². The molecule has 0 unspecified atom stereocenters. The van der Waals surface area contributed by atoms with Crippen LogP contribution < -0.4 is 0 Å². The third-order valence-corrected chi connectivity index (χ3v) is 2.74. The fourth-order valence-electron chi connectivity index (χ4n) is 1.62. The van der Waals surface area contributed by atoms with Gasteiger partial charge in [0.05, 0.1) is 7.11 Å². The molecule has 18 heavy (non-hydrogen) atoms. The van der Waals surface area contributed by atoms with Crippen molar-refractivity contribution >= 4 is 11.8 Å². The summed E-state index contributed by atoms with van der Waals surface area (Å²) in [5, 5.41) is 0. The summed E-state index contributed by atoms with van der Waals surface area (Å²) >= 11 is 0. The number of esters is 1. The third kappa shape index (κ3) is 4.28. The number of ether oxygens (including phenoxy) is 1. The van der Waals surface area contributed by atoms with Gasteiger partial charge in [-0.25, -0.2) is 4.39 Å². The molecule has 0 aromatic heterocycles. The Morgan fingerprint density at radius 3 is 2.50 bits per heavy atom. The van der Waals surface area contributed by atoms with Crippen molar-refractivity contribution in [3.8, 4) is 0 Å². The fraction of sp³-hybridized carbons (Fsp3) is 0.429. The van der Waals surface area contributed by atoms with Crippen LogP contribution in [-0.4, -0.2) is 18.9 Å². The molecule has 0 amide bonds. The second-order valence-corrected chi connectivity index (χ2v) is 4.17. The van der Waals surface area contributed by atoms with Gasteiger partial charge in [0.15, 0.2) is 5.78 Å². The summed E-state index contributed by atoms with van der Waals surface area (Å²) in [7, 11) is 1.34. The molecule has 0 N–H and O–H groups in total. The smallest absolute Gasteiger partial charge is 0.305 e. The molecule has 0 aliphatic carbocycles. The molecule has 0 bridgehead atoms. The zero-order valence-corrected chi connectivity index (χ0v) is 10.7. The molecule has 3 nitrogen and oxygen atoms in total. The van der Waals surface area contributed by atoms with E-state index in [-0.39, 0.29) is 17.6 Å². The average Bonchev–Trinajstić information content (AvgIpc) is 2.37. The number of Topliss-reactive ketones (excluding diaryl/α,β-unsaturated/α-hetero) is 1. The molecule has 4 heteroatoms. The normalized spacial score (nSPS) is 10.2. The van der Waals surface area contributed by atoms with Crippen molar-refractivity contribution in [1.82, 2.24) is 0 Å². The Bertz CT molecular complexity index is 441. The standard InChI is InChI=1S/C14H17FO3/c1-10-9-11(7-8-12(10)15)13(16)5-3-4-6-14(17)18-2/h7-9H,3-6H2,1-2H3. The van der Waals surface area contributed by atoms with E-state index < -0.39 is 0 Å². The van der Waals surface area contributed by atoms with Gasteiger partial charge in [-0.1, -0.05) is 0 Å². The Balaban J connectivity index is 2.41. The van der Waals surface area contributed by atoms with Crippen molar-refractivity contribution in [1.29, 1.82) is 0 Å². The highest BCUT2D eigenvalue weighted by Gasteiger charge is 2.08. The minimum Gasteiger partial charge on any atom is -0.469 e. The molecule has 98 valence electrons. The van der Waals surface area contributed by atoms with Crippen molar-refractivity contribution in [3.63, 3.8) is 0 Å². The third-order valence-electron chi connectivity index (χ3n) is 2.74. The molecule has 1 rings (SSSR count). The van der Waals surface area contributed by atoms with Gasteiger partial charge in [0.1, 0.15) is 5.82 Å². The first kappa shape index (κ1) is 14.4. The van der Waals surface area contributed by atoms with Crippen LogP contribution >= 0.6 is 0 Å². The van der Waals surface area contributed by atoms with Crippen molar-refractivity contribution in [2.75, 3.05) is 7.11 Å². The van der Waals surface area contributed by atoms with E-state index in [1.54, 1.807) is 13.0 Å². The van der Waals surface area contributed by atoms with Gasteiger partial charge < -0.3 is 4.74 Å². The van der Waals surface area contributed by atoms with E-state index in [4.69, 9.17) is 0 Å². The first-order valence-corrected chi connectivity index (χ1v) is 5.90. The molecular formula is C14H17FO3. The number of ketones is 1. The fourth-order valence-corrected chi connectivity index (χ4v) is 1.62. The predicted octanol–water partition coefficient (Wildman–Crippen LogP) is 3.05. The number of benzene rings is 1.